The zero-order chi connectivity index (χ0) is 51.8. The highest BCUT2D eigenvalue weighted by molar-refractivity contribution is 7.92. The second-order valence-electron chi connectivity index (χ2n) is 20.9. The monoisotopic (exact) mass is 1020 g/mol. The van der Waals surface area contributed by atoms with E-state index in [-0.39, 0.29) is 59.9 Å². The number of carbonyl (C=O) groups excluding carboxylic acids is 4. The van der Waals surface area contributed by atoms with E-state index in [0.29, 0.717) is 60.7 Å². The van der Waals surface area contributed by atoms with Crippen LogP contribution in [0.1, 0.15) is 112 Å². The number of aryl methyl sites for hydroxylation is 2. The van der Waals surface area contributed by atoms with Crippen LogP contribution in [0.4, 0.5) is 17.5 Å². The number of carbonyl (C=O) groups is 4. The van der Waals surface area contributed by atoms with E-state index in [0.717, 1.165) is 48.9 Å². The Balaban J connectivity index is 0.847. The summed E-state index contributed by atoms with van der Waals surface area (Å²) in [6, 6.07) is 8.56. The van der Waals surface area contributed by atoms with Crippen molar-refractivity contribution in [1.29, 1.82) is 0 Å². The summed E-state index contributed by atoms with van der Waals surface area (Å²) >= 11 is 0. The van der Waals surface area contributed by atoms with Crippen molar-refractivity contribution in [3.63, 3.8) is 0 Å². The molecule has 5 atom stereocenters. The molecule has 1 unspecified atom stereocenters. The Kier molecular flexibility index (Phi) is 14.7. The number of fused-ring (bicyclic) bond motifs is 3. The number of aromatic amines is 1. The first-order valence-corrected chi connectivity index (χ1v) is 26.9. The standard InChI is InChI=1S/C52H67N13O7S/c1-30-31(2)61-62-46(30)60-47-37-23-44(73(70,71)52(4,5)6)43(24-39(37)56-29-57-47)72-28-33-17-20-63(21-18-33)45-26-54-40(25-55-45)50(68)64-22-19-35-15-16-42(65(35)51(69)41(27-64)59-48(66)32(3)53-7)49(67)58-38-14-10-12-34-11-8-9-13-36(34)38/h8-9,11,13,23-26,29,32-33,35,38,41-42,53H,10,12,14-22,27-28H2,1-7H3,(H,58,67)(H,59,66)(H2,56,57,60,61,62)/t32?,35-,38-,41+,42+/m1/s1. The van der Waals surface area contributed by atoms with Gasteiger partial charge in [0.2, 0.25) is 17.7 Å². The maximum absolute atomic E-state index is 14.6. The predicted molar refractivity (Wildman–Crippen MR) is 275 cm³/mol. The summed E-state index contributed by atoms with van der Waals surface area (Å²) in [6.45, 7) is 12.2. The Labute approximate surface area is 426 Å². The minimum Gasteiger partial charge on any atom is -0.492 e. The molecule has 4 amide bonds. The molecule has 4 aliphatic rings. The van der Waals surface area contributed by atoms with Crippen molar-refractivity contribution in [2.75, 3.05) is 50.1 Å². The molecule has 3 aliphatic heterocycles. The molecule has 20 nitrogen and oxygen atoms in total. The van der Waals surface area contributed by atoms with Gasteiger partial charge in [-0.3, -0.25) is 24.3 Å². The van der Waals surface area contributed by atoms with E-state index in [1.807, 2.05) is 26.0 Å². The number of benzene rings is 2. The molecule has 0 spiro atoms. The first kappa shape index (κ1) is 51.2. The number of rotatable bonds is 13. The second kappa shape index (κ2) is 21.0. The smallest absolute Gasteiger partial charge is 0.274 e. The van der Waals surface area contributed by atoms with Gasteiger partial charge in [0.1, 0.15) is 46.4 Å². The molecule has 0 bridgehead atoms. The molecular formula is C52H67N13O7S. The van der Waals surface area contributed by atoms with Crippen LogP contribution < -0.4 is 30.9 Å². The van der Waals surface area contributed by atoms with Crippen LogP contribution in [0, 0.1) is 19.8 Å². The number of ether oxygens (including phenoxy) is 1. The highest BCUT2D eigenvalue weighted by atomic mass is 32.2. The summed E-state index contributed by atoms with van der Waals surface area (Å²) in [5.41, 5.74) is 4.77. The van der Waals surface area contributed by atoms with Gasteiger partial charge in [0, 0.05) is 48.4 Å². The maximum atomic E-state index is 14.6. The van der Waals surface area contributed by atoms with Gasteiger partial charge in [-0.2, -0.15) is 5.10 Å². The first-order valence-electron chi connectivity index (χ1n) is 25.4. The lowest BCUT2D eigenvalue weighted by molar-refractivity contribution is -0.145. The maximum Gasteiger partial charge on any atom is 0.274 e. The number of hydrogen-bond acceptors (Lipinski definition) is 15. The number of anilines is 3. The van der Waals surface area contributed by atoms with Crippen LogP contribution in [0.5, 0.6) is 5.75 Å². The molecule has 3 saturated heterocycles. The molecule has 3 aromatic heterocycles. The van der Waals surface area contributed by atoms with Crippen molar-refractivity contribution in [2.24, 2.45) is 5.92 Å². The van der Waals surface area contributed by atoms with E-state index in [9.17, 15) is 27.6 Å². The van der Waals surface area contributed by atoms with Gasteiger partial charge in [-0.15, -0.1) is 0 Å². The van der Waals surface area contributed by atoms with E-state index in [2.05, 4.69) is 68.4 Å². The quantitative estimate of drug-likeness (QED) is 0.106. The van der Waals surface area contributed by atoms with Crippen LogP contribution in [-0.4, -0.2) is 141 Å². The van der Waals surface area contributed by atoms with Crippen LogP contribution in [0.3, 0.4) is 0 Å². The molecule has 0 saturated carbocycles. The average molecular weight is 1020 g/mol. The number of H-pyrrole nitrogens is 1. The third-order valence-corrected chi connectivity index (χ3v) is 17.7. The van der Waals surface area contributed by atoms with Crippen LogP contribution in [0.25, 0.3) is 10.9 Å². The minimum absolute atomic E-state index is 0.0592. The van der Waals surface area contributed by atoms with Gasteiger partial charge in [0.25, 0.3) is 5.91 Å². The summed E-state index contributed by atoms with van der Waals surface area (Å²) in [6.07, 6.45) is 10.2. The van der Waals surface area contributed by atoms with Crippen molar-refractivity contribution < 1.29 is 32.3 Å². The van der Waals surface area contributed by atoms with Gasteiger partial charge in [0.05, 0.1) is 47.9 Å². The molecule has 5 aromatic rings. The van der Waals surface area contributed by atoms with E-state index < -0.39 is 50.4 Å². The molecule has 6 heterocycles. The van der Waals surface area contributed by atoms with Gasteiger partial charge in [-0.05, 0) is 123 Å². The third kappa shape index (κ3) is 10.6. The highest BCUT2D eigenvalue weighted by Gasteiger charge is 2.46. The average Bonchev–Trinajstić information content (AvgIpc) is 3.96. The van der Waals surface area contributed by atoms with Crippen molar-refractivity contribution in [2.45, 2.75) is 133 Å². The molecule has 1 aliphatic carbocycles. The molecule has 3 fully saturated rings. The summed E-state index contributed by atoms with van der Waals surface area (Å²) in [5, 5.41) is 20.1. The number of nitrogens with one attached hydrogen (secondary N) is 5. The fourth-order valence-corrected chi connectivity index (χ4v) is 11.7. The number of piperidine rings is 1. The van der Waals surface area contributed by atoms with Gasteiger partial charge >= 0.3 is 0 Å². The number of sulfone groups is 1. The van der Waals surface area contributed by atoms with E-state index in [4.69, 9.17) is 4.74 Å². The van der Waals surface area contributed by atoms with Crippen molar-refractivity contribution in [3.05, 3.63) is 83.2 Å². The fourth-order valence-electron chi connectivity index (χ4n) is 10.4. The normalized spacial score (nSPS) is 21.2. The second-order valence-corrected chi connectivity index (χ2v) is 23.5. The predicted octanol–water partition coefficient (Wildman–Crippen LogP) is 4.86. The Bertz CT molecular complexity index is 2990. The van der Waals surface area contributed by atoms with Crippen LogP contribution in [0.15, 0.2) is 60.0 Å². The molecule has 0 radical (unpaired) electrons. The topological polar surface area (TPSA) is 250 Å². The Hall–Kier alpha value is -6.74. The zero-order valence-electron chi connectivity index (χ0n) is 42.7. The highest BCUT2D eigenvalue weighted by Crippen LogP contribution is 2.39. The number of amides is 4. The first-order chi connectivity index (χ1) is 34.9. The Morgan fingerprint density at radius 3 is 2.40 bits per heavy atom. The van der Waals surface area contributed by atoms with Crippen molar-refractivity contribution >= 4 is 61.8 Å². The molecular weight excluding hydrogens is 951 g/mol. The van der Waals surface area contributed by atoms with E-state index >= 15 is 0 Å². The molecule has 73 heavy (non-hydrogen) atoms. The molecule has 2 aromatic carbocycles. The molecule has 5 N–H and O–H groups in total. The van der Waals surface area contributed by atoms with Gasteiger partial charge in [-0.25, -0.2) is 28.4 Å². The Morgan fingerprint density at radius 2 is 1.68 bits per heavy atom. The van der Waals surface area contributed by atoms with Gasteiger partial charge in [0.15, 0.2) is 15.7 Å². The summed E-state index contributed by atoms with van der Waals surface area (Å²) in [4.78, 5) is 79.7. The lowest BCUT2D eigenvalue weighted by Crippen LogP contribution is -2.62. The molecule has 21 heteroatoms. The molecule has 9 rings (SSSR count). The summed E-state index contributed by atoms with van der Waals surface area (Å²) < 4.78 is 33.4. The summed E-state index contributed by atoms with van der Waals surface area (Å²) in [7, 11) is -2.22. The lowest BCUT2D eigenvalue weighted by atomic mass is 9.87. The van der Waals surface area contributed by atoms with E-state index in [1.165, 1.54) is 18.1 Å². The third-order valence-electron chi connectivity index (χ3n) is 15.2. The van der Waals surface area contributed by atoms with Crippen LogP contribution in [0.2, 0.25) is 0 Å². The molecule has 388 valence electrons. The fraction of sp³-hybridized carbons (Fsp3) is 0.519. The SMILES string of the molecule is CNC(C)C(=O)N[C@H]1CN(C(=O)c2cnc(N3CCC(COc4cc5ncnc(Nc6n[nH]c(C)c6C)c5cc4S(=O)(=O)C(C)(C)C)CC3)cn2)CC[C@H]2CC[C@@H](C(=O)N[C@@H]3CCCc4ccccc43)N2C1=O. The van der Waals surface area contributed by atoms with Crippen LogP contribution >= 0.6 is 0 Å². The number of hydrogen-bond donors (Lipinski definition) is 5. The van der Waals surface area contributed by atoms with Gasteiger partial charge in [-0.1, -0.05) is 24.3 Å². The summed E-state index contributed by atoms with van der Waals surface area (Å²) in [5.74, 6) is 0.535. The zero-order valence-corrected chi connectivity index (χ0v) is 43.5. The van der Waals surface area contributed by atoms with Crippen LogP contribution in [-0.2, 0) is 30.6 Å². The number of nitrogens with zero attached hydrogens (tertiary/aromatic N) is 8. The minimum atomic E-state index is -3.87. The lowest BCUT2D eigenvalue weighted by Gasteiger charge is -2.39. The number of aromatic nitrogens is 6. The van der Waals surface area contributed by atoms with E-state index in [1.54, 1.807) is 62.9 Å². The number of likely N-dealkylation sites (N-methyl/N-ethyl adjacent to an activating group) is 1. The Morgan fingerprint density at radius 1 is 0.904 bits per heavy atom. The van der Waals surface area contributed by atoms with Crippen molar-refractivity contribution in [1.82, 2.24) is 55.9 Å². The van der Waals surface area contributed by atoms with Crippen molar-refractivity contribution in [3.8, 4) is 5.75 Å². The largest absolute Gasteiger partial charge is 0.492 e. The van der Waals surface area contributed by atoms with Gasteiger partial charge < -0.3 is 40.7 Å².